The number of rotatable bonds is 6. The lowest BCUT2D eigenvalue weighted by molar-refractivity contribution is -0.117. The van der Waals surface area contributed by atoms with E-state index in [2.05, 4.69) is 23.1 Å². The highest BCUT2D eigenvalue weighted by Gasteiger charge is 2.19. The van der Waals surface area contributed by atoms with Gasteiger partial charge in [-0.25, -0.2) is 0 Å². The van der Waals surface area contributed by atoms with Gasteiger partial charge in [-0.15, -0.1) is 0 Å². The van der Waals surface area contributed by atoms with E-state index in [1.54, 1.807) is 17.6 Å². The van der Waals surface area contributed by atoms with E-state index in [0.29, 0.717) is 17.4 Å². The number of amides is 1. The molecular formula is C18H26N2O2S. The second-order valence-electron chi connectivity index (χ2n) is 6.25. The quantitative estimate of drug-likeness (QED) is 0.445. The largest absolute Gasteiger partial charge is 0.386 e. The van der Waals surface area contributed by atoms with Crippen LogP contribution in [0.2, 0.25) is 0 Å². The van der Waals surface area contributed by atoms with Gasteiger partial charge in [-0.2, -0.15) is 0 Å². The van der Waals surface area contributed by atoms with Crippen LogP contribution in [0.1, 0.15) is 32.6 Å². The summed E-state index contributed by atoms with van der Waals surface area (Å²) in [5, 5.41) is 7.91. The minimum absolute atomic E-state index is 0.211. The molecule has 1 amide bonds. The lowest BCUT2D eigenvalue weighted by Crippen LogP contribution is -2.36. The Morgan fingerprint density at radius 1 is 1.26 bits per heavy atom. The van der Waals surface area contributed by atoms with Crippen LogP contribution in [-0.2, 0) is 14.3 Å². The molecule has 2 N–H and O–H groups in total. The minimum Gasteiger partial charge on any atom is -0.386 e. The first-order valence-electron chi connectivity index (χ1n) is 8.01. The van der Waals surface area contributed by atoms with E-state index in [0.717, 1.165) is 5.70 Å². The zero-order valence-corrected chi connectivity index (χ0v) is 14.5. The van der Waals surface area contributed by atoms with Gasteiger partial charge in [-0.05, 0) is 52.7 Å². The molecule has 2 atom stereocenters. The van der Waals surface area contributed by atoms with Gasteiger partial charge in [0.15, 0.2) is 0 Å². The van der Waals surface area contributed by atoms with Gasteiger partial charge in [0.1, 0.15) is 0 Å². The number of hydrogen-bond acceptors (Lipinski definition) is 3. The van der Waals surface area contributed by atoms with Gasteiger partial charge in [0, 0.05) is 23.1 Å². The molecule has 1 saturated carbocycles. The maximum Gasteiger partial charge on any atom is 0.251 e. The number of hydrogen-bond donors (Lipinski definition) is 2. The van der Waals surface area contributed by atoms with Gasteiger partial charge in [0.25, 0.3) is 5.91 Å². The molecule has 5 heteroatoms. The van der Waals surface area contributed by atoms with Crippen LogP contribution in [-0.4, -0.2) is 33.8 Å². The van der Waals surface area contributed by atoms with Crippen LogP contribution < -0.4 is 10.6 Å². The molecule has 0 aromatic rings. The van der Waals surface area contributed by atoms with E-state index in [9.17, 15) is 9.00 Å². The second kappa shape index (κ2) is 7.68. The monoisotopic (exact) mass is 334 g/mol. The summed E-state index contributed by atoms with van der Waals surface area (Å²) in [4.78, 5) is 12.3. The molecule has 0 spiro atoms. The highest BCUT2D eigenvalue weighted by molar-refractivity contribution is 8.03. The van der Waals surface area contributed by atoms with Crippen LogP contribution in [0, 0.1) is 0 Å². The molecule has 0 aromatic carbocycles. The van der Waals surface area contributed by atoms with Crippen molar-refractivity contribution in [1.82, 2.24) is 10.6 Å². The van der Waals surface area contributed by atoms with E-state index in [1.165, 1.54) is 31.8 Å². The van der Waals surface area contributed by atoms with Crippen molar-refractivity contribution in [3.63, 3.8) is 0 Å². The third-order valence-electron chi connectivity index (χ3n) is 4.12. The molecule has 1 aliphatic heterocycles. The number of allylic oxidation sites excluding steroid dienone is 3. The predicted molar refractivity (Wildman–Crippen MR) is 98.6 cm³/mol. The maximum atomic E-state index is 12.3. The minimum atomic E-state index is -2.18. The third kappa shape index (κ3) is 5.43. The van der Waals surface area contributed by atoms with Crippen molar-refractivity contribution in [1.29, 1.82) is 0 Å². The standard InChI is InChI=1S/C18H26N2O2S/c1-4-15(10-9-14(2)19-16-7-5-6-8-16)18(21)20-17-11-12-23(3,22)13-17/h4,9-12,16-17,19H,1,3,5-8,13H2,2H3,(H,20,21)/b14-9+,15-10+. The Kier molecular flexibility index (Phi) is 5.88. The van der Waals surface area contributed by atoms with E-state index in [4.69, 9.17) is 0 Å². The molecule has 126 valence electrons. The Hall–Kier alpha value is -1.75. The molecule has 1 fully saturated rings. The first-order chi connectivity index (χ1) is 10.9. The van der Waals surface area contributed by atoms with Crippen molar-refractivity contribution in [3.05, 3.63) is 47.6 Å². The maximum absolute atomic E-state index is 12.3. The van der Waals surface area contributed by atoms with Gasteiger partial charge in [0.2, 0.25) is 0 Å². The second-order valence-corrected chi connectivity index (χ2v) is 8.59. The Morgan fingerprint density at radius 3 is 2.52 bits per heavy atom. The molecule has 23 heavy (non-hydrogen) atoms. The molecular weight excluding hydrogens is 308 g/mol. The third-order valence-corrected chi connectivity index (χ3v) is 5.70. The fourth-order valence-corrected chi connectivity index (χ4v) is 4.28. The normalized spacial score (nSPS) is 28.8. The lowest BCUT2D eigenvalue weighted by Gasteiger charge is -2.13. The SMILES string of the molecule is C=C/C(=C\C=C(/C)NC1CCCC1)C(=O)NC1C=CS(=C)(=O)C1. The summed E-state index contributed by atoms with van der Waals surface area (Å²) in [6, 6.07) is 0.326. The molecule has 1 aliphatic carbocycles. The summed E-state index contributed by atoms with van der Waals surface area (Å²) in [6.45, 7) is 5.71. The average Bonchev–Trinajstić information content (AvgIpc) is 3.09. The van der Waals surface area contributed by atoms with Gasteiger partial charge in [-0.3, -0.25) is 9.00 Å². The molecule has 0 aromatic heterocycles. The summed E-state index contributed by atoms with van der Waals surface area (Å²) in [6.07, 6.45) is 11.9. The highest BCUT2D eigenvalue weighted by atomic mass is 32.2. The topological polar surface area (TPSA) is 58.2 Å². The molecule has 2 aliphatic rings. The van der Waals surface area contributed by atoms with Crippen molar-refractivity contribution < 1.29 is 9.00 Å². The summed E-state index contributed by atoms with van der Waals surface area (Å²) < 4.78 is 11.8. The molecule has 0 bridgehead atoms. The average molecular weight is 334 g/mol. The zero-order valence-electron chi connectivity index (χ0n) is 13.7. The van der Waals surface area contributed by atoms with Crippen molar-refractivity contribution in [2.24, 2.45) is 0 Å². The predicted octanol–water partition coefficient (Wildman–Crippen LogP) is 2.26. The Balaban J connectivity index is 1.93. The van der Waals surface area contributed by atoms with Crippen molar-refractivity contribution in [2.45, 2.75) is 44.7 Å². The fourth-order valence-electron chi connectivity index (χ4n) is 2.89. The Labute approximate surface area is 139 Å². The fraction of sp³-hybridized carbons (Fsp3) is 0.444. The Morgan fingerprint density at radius 2 is 1.96 bits per heavy atom. The lowest BCUT2D eigenvalue weighted by atomic mass is 10.2. The summed E-state index contributed by atoms with van der Waals surface area (Å²) in [5.74, 6) is 3.79. The van der Waals surface area contributed by atoms with Gasteiger partial charge < -0.3 is 10.6 Å². The summed E-state index contributed by atoms with van der Waals surface area (Å²) >= 11 is 0. The first kappa shape index (κ1) is 17.6. The van der Waals surface area contributed by atoms with E-state index in [1.807, 2.05) is 13.0 Å². The summed E-state index contributed by atoms with van der Waals surface area (Å²) in [7, 11) is -2.18. The van der Waals surface area contributed by atoms with Gasteiger partial charge in [-0.1, -0.05) is 31.6 Å². The molecule has 2 rings (SSSR count). The smallest absolute Gasteiger partial charge is 0.251 e. The van der Waals surface area contributed by atoms with Crippen LogP contribution in [0.25, 0.3) is 0 Å². The van der Waals surface area contributed by atoms with Crippen LogP contribution in [0.3, 0.4) is 0 Å². The van der Waals surface area contributed by atoms with E-state index >= 15 is 0 Å². The number of nitrogens with one attached hydrogen (secondary N) is 2. The van der Waals surface area contributed by atoms with Crippen molar-refractivity contribution >= 4 is 21.3 Å². The van der Waals surface area contributed by atoms with E-state index in [-0.39, 0.29) is 11.9 Å². The molecule has 4 nitrogen and oxygen atoms in total. The molecule has 2 unspecified atom stereocenters. The summed E-state index contributed by atoms with van der Waals surface area (Å²) in [5.41, 5.74) is 1.54. The van der Waals surface area contributed by atoms with Crippen molar-refractivity contribution in [2.75, 3.05) is 5.75 Å². The van der Waals surface area contributed by atoms with E-state index < -0.39 is 9.52 Å². The van der Waals surface area contributed by atoms with Crippen LogP contribution in [0.15, 0.2) is 47.6 Å². The highest BCUT2D eigenvalue weighted by Crippen LogP contribution is 2.18. The number of carbonyl (C=O) groups is 1. The molecule has 0 radical (unpaired) electrons. The molecule has 0 saturated heterocycles. The van der Waals surface area contributed by atoms with Crippen molar-refractivity contribution in [3.8, 4) is 0 Å². The van der Waals surface area contributed by atoms with Crippen LogP contribution in [0.4, 0.5) is 0 Å². The first-order valence-corrected chi connectivity index (χ1v) is 9.97. The van der Waals surface area contributed by atoms with Crippen LogP contribution >= 0.6 is 0 Å². The molecule has 1 heterocycles. The van der Waals surface area contributed by atoms with Crippen LogP contribution in [0.5, 0.6) is 0 Å². The zero-order chi connectivity index (χ0) is 16.9. The Bertz CT molecular complexity index is 651. The van der Waals surface area contributed by atoms with Gasteiger partial charge in [0.05, 0.1) is 6.04 Å². The van der Waals surface area contributed by atoms with Gasteiger partial charge >= 0.3 is 0 Å². The number of carbonyl (C=O) groups excluding carboxylic acids is 1.